The highest BCUT2D eigenvalue weighted by atomic mass is 35.6. The fourth-order valence-electron chi connectivity index (χ4n) is 10.7. The van der Waals surface area contributed by atoms with Crippen LogP contribution in [0.25, 0.3) is 0 Å². The van der Waals surface area contributed by atoms with E-state index in [1.54, 1.807) is 54.6 Å². The Balaban J connectivity index is 1.44. The number of halogens is 6. The number of aliphatic hydroxyl groups is 2. The van der Waals surface area contributed by atoms with Gasteiger partial charge in [0, 0.05) is 30.7 Å². The summed E-state index contributed by atoms with van der Waals surface area (Å²) < 4.78 is 42.6. The molecule has 4 aliphatic rings. The summed E-state index contributed by atoms with van der Waals surface area (Å²) in [5.74, 6) is -6.99. The number of Topliss-reactive ketones (excluding diaryl/α,β-unsaturated/α-hetero) is 1. The van der Waals surface area contributed by atoms with Gasteiger partial charge in [-0.05, 0) is 54.8 Å². The molecule has 0 spiro atoms. The molecule has 7 rings (SSSR count). The molecule has 3 aliphatic carbocycles. The van der Waals surface area contributed by atoms with Gasteiger partial charge in [0.2, 0.25) is 7.59 Å². The summed E-state index contributed by atoms with van der Waals surface area (Å²) >= 11 is 35.4. The molecule has 2 bridgehead atoms. The van der Waals surface area contributed by atoms with Crippen LogP contribution in [0.15, 0.2) is 102 Å². The minimum atomic E-state index is -2.65. The van der Waals surface area contributed by atoms with Crippen molar-refractivity contribution in [2.75, 3.05) is 19.8 Å². The predicted octanol–water partition coefficient (Wildman–Crippen LogP) is 8.23. The average molecular weight is 1160 g/mol. The Morgan fingerprint density at radius 3 is 1.83 bits per heavy atom. The smallest absolute Gasteiger partial charge is 0.456 e. The van der Waals surface area contributed by atoms with E-state index in [1.165, 1.54) is 64.1 Å². The number of nitrogens with one attached hydrogen (secondary N) is 1. The Labute approximate surface area is 460 Å². The van der Waals surface area contributed by atoms with Gasteiger partial charge in [0.25, 0.3) is 5.91 Å². The Morgan fingerprint density at radius 2 is 1.31 bits per heavy atom. The monoisotopic (exact) mass is 1160 g/mol. The zero-order chi connectivity index (χ0) is 55.1. The molecular weight excluding hydrogens is 1110 g/mol. The Morgan fingerprint density at radius 1 is 0.773 bits per heavy atom. The molecule has 18 nitrogen and oxygen atoms in total. The second kappa shape index (κ2) is 22.2. The first kappa shape index (κ1) is 57.8. The summed E-state index contributed by atoms with van der Waals surface area (Å²) in [6, 6.07) is 22.1. The number of carbonyl (C=O) groups excluding carboxylic acids is 7. The van der Waals surface area contributed by atoms with Crippen molar-refractivity contribution in [3.05, 3.63) is 119 Å². The summed E-state index contributed by atoms with van der Waals surface area (Å²) in [4.78, 5) is 100. The van der Waals surface area contributed by atoms with Crippen molar-refractivity contribution in [1.82, 2.24) is 5.32 Å². The van der Waals surface area contributed by atoms with Gasteiger partial charge < -0.3 is 53.4 Å². The molecule has 24 heteroatoms. The number of ketones is 1. The van der Waals surface area contributed by atoms with Crippen LogP contribution in [0.1, 0.15) is 79.8 Å². The third-order valence-electron chi connectivity index (χ3n) is 14.3. The third kappa shape index (κ3) is 11.8. The number of aliphatic hydroxyl groups excluding tert-OH is 1. The van der Waals surface area contributed by atoms with E-state index >= 15 is 4.79 Å². The summed E-state index contributed by atoms with van der Waals surface area (Å²) in [7, 11) is 0. The van der Waals surface area contributed by atoms with Gasteiger partial charge in [0.1, 0.15) is 43.2 Å². The van der Waals surface area contributed by atoms with Gasteiger partial charge in [0.15, 0.2) is 23.6 Å². The van der Waals surface area contributed by atoms with Crippen molar-refractivity contribution < 1.29 is 81.7 Å². The maximum atomic E-state index is 16.3. The van der Waals surface area contributed by atoms with Gasteiger partial charge in [-0.15, -0.1) is 0 Å². The number of rotatable bonds is 13. The van der Waals surface area contributed by atoms with E-state index in [-0.39, 0.29) is 27.8 Å². The Bertz CT molecular complexity index is 2700. The molecule has 0 aromatic heterocycles. The maximum Gasteiger partial charge on any atom is 0.509 e. The van der Waals surface area contributed by atoms with Crippen LogP contribution < -0.4 is 5.32 Å². The Kier molecular flexibility index (Phi) is 17.1. The third-order valence-corrected chi connectivity index (χ3v) is 15.0. The van der Waals surface area contributed by atoms with Crippen LogP contribution in [-0.2, 0) is 52.3 Å². The first-order valence-electron chi connectivity index (χ1n) is 23.2. The quantitative estimate of drug-likeness (QED) is 0.0631. The van der Waals surface area contributed by atoms with Crippen molar-refractivity contribution in [2.24, 2.45) is 16.7 Å². The van der Waals surface area contributed by atoms with Gasteiger partial charge in [-0.2, -0.15) is 0 Å². The highest BCUT2D eigenvalue weighted by Crippen LogP contribution is 2.65. The normalized spacial score (nSPS) is 28.7. The molecule has 11 atom stereocenters. The average Bonchev–Trinajstić information content (AvgIpc) is 3.34. The molecule has 404 valence electrons. The summed E-state index contributed by atoms with van der Waals surface area (Å²) in [6.07, 6.45) is -15.5. The topological polar surface area (TPSA) is 246 Å². The summed E-state index contributed by atoms with van der Waals surface area (Å²) in [5, 5.41) is 28.7. The second-order valence-electron chi connectivity index (χ2n) is 19.3. The van der Waals surface area contributed by atoms with E-state index in [1.807, 2.05) is 0 Å². The fraction of sp³-hybridized carbons (Fsp3) is 0.471. The molecule has 1 aliphatic heterocycles. The lowest BCUT2D eigenvalue weighted by atomic mass is 9.44. The van der Waals surface area contributed by atoms with Crippen LogP contribution in [0.3, 0.4) is 0 Å². The van der Waals surface area contributed by atoms with E-state index in [9.17, 15) is 39.0 Å². The molecule has 3 fully saturated rings. The second-order valence-corrected chi connectivity index (χ2v) is 24.3. The molecule has 2 saturated carbocycles. The van der Waals surface area contributed by atoms with Crippen molar-refractivity contribution in [2.45, 2.75) is 109 Å². The zero-order valence-electron chi connectivity index (χ0n) is 40.6. The number of hydrogen-bond donors (Lipinski definition) is 3. The van der Waals surface area contributed by atoms with Gasteiger partial charge in [-0.25, -0.2) is 19.2 Å². The molecular formula is C51H51Cl6NO17. The first-order chi connectivity index (χ1) is 35.0. The van der Waals surface area contributed by atoms with E-state index in [0.717, 1.165) is 6.92 Å². The molecule has 1 saturated heterocycles. The maximum absolute atomic E-state index is 16.3. The highest BCUT2D eigenvalue weighted by Gasteiger charge is 2.79. The lowest BCUT2D eigenvalue weighted by Gasteiger charge is -2.67. The van der Waals surface area contributed by atoms with E-state index < -0.39 is 153 Å². The number of esters is 3. The van der Waals surface area contributed by atoms with Crippen molar-refractivity contribution in [3.63, 3.8) is 0 Å². The molecule has 75 heavy (non-hydrogen) atoms. The van der Waals surface area contributed by atoms with Gasteiger partial charge >= 0.3 is 30.2 Å². The minimum absolute atomic E-state index is 0.0348. The molecule has 0 unspecified atom stereocenters. The van der Waals surface area contributed by atoms with E-state index in [0.29, 0.717) is 0 Å². The number of amides is 1. The van der Waals surface area contributed by atoms with E-state index in [4.69, 9.17) is 108 Å². The van der Waals surface area contributed by atoms with Crippen LogP contribution >= 0.6 is 69.6 Å². The van der Waals surface area contributed by atoms with Gasteiger partial charge in [-0.3, -0.25) is 14.4 Å². The van der Waals surface area contributed by atoms with Crippen LogP contribution in [0.4, 0.5) is 9.59 Å². The number of alkyl halides is 6. The van der Waals surface area contributed by atoms with Gasteiger partial charge in [0.05, 0.1) is 29.5 Å². The number of fused-ring (bicyclic) bond motifs is 5. The zero-order valence-corrected chi connectivity index (χ0v) is 45.1. The number of benzene rings is 3. The molecule has 1 heterocycles. The highest BCUT2D eigenvalue weighted by molar-refractivity contribution is 6.68. The minimum Gasteiger partial charge on any atom is -0.456 e. The first-order valence-corrected chi connectivity index (χ1v) is 25.5. The van der Waals surface area contributed by atoms with Gasteiger partial charge in [-0.1, -0.05) is 150 Å². The van der Waals surface area contributed by atoms with Crippen molar-refractivity contribution in [1.29, 1.82) is 0 Å². The fourth-order valence-corrected chi connectivity index (χ4v) is 11.1. The Hall–Kier alpha value is -4.89. The summed E-state index contributed by atoms with van der Waals surface area (Å²) in [5.41, 5.74) is -8.89. The van der Waals surface area contributed by atoms with Crippen LogP contribution in [0.5, 0.6) is 0 Å². The molecule has 0 radical (unpaired) electrons. The van der Waals surface area contributed by atoms with Crippen LogP contribution in [0, 0.1) is 16.7 Å². The van der Waals surface area contributed by atoms with Crippen LogP contribution in [-0.4, -0.2) is 127 Å². The van der Waals surface area contributed by atoms with Crippen molar-refractivity contribution >= 4 is 112 Å². The molecule has 3 aromatic carbocycles. The number of carbonyl (C=O) groups is 7. The molecule has 3 N–H and O–H groups in total. The SMILES string of the molecule is CC(=O)O[C@@]12CO[C@@H]1C[C@H](OC(=O)OCC(Cl)(Cl)Cl)[C@@]1(C)C(=O)[C@H](OC(=O)OCC(Cl)(Cl)Cl)C3=C(C)[C@@H](OC(=O)[C@H](O)[C@@H](NC(=O)c4ccccc4)c4ccccc4)C[C@@](O)([C@@H](OC(=O)c4ccccc4)[C@H]21)C3(C)C. The largest absolute Gasteiger partial charge is 0.509 e. The molecule has 1 amide bonds. The lowest BCUT2D eigenvalue weighted by Crippen LogP contribution is -2.82. The van der Waals surface area contributed by atoms with Crippen molar-refractivity contribution in [3.8, 4) is 0 Å². The van der Waals surface area contributed by atoms with Crippen LogP contribution in [0.2, 0.25) is 0 Å². The summed E-state index contributed by atoms with van der Waals surface area (Å²) in [6.45, 7) is 4.35. The molecule has 3 aromatic rings. The van der Waals surface area contributed by atoms with E-state index in [2.05, 4.69) is 5.32 Å². The standard InChI is InChI=1S/C51H51Cl6NO17/c1-26-31(71-43(64)36(60)35(28-15-9-6-10-16-28)58-41(62)29-17-11-7-12-18-29)22-49(67)40(74-42(63)30-19-13-8-14-20-30)38-47(5,39(61)37(34(26)46(49,3)4)73-45(66)70-25-51(55,56)57)32(72-44(65)69-24-50(52,53)54)21-33-48(38,23-68-33)75-27(2)59/h6-20,31-33,35-38,40,60,67H,21-25H2,1-5H3,(H,58,62)/t31-,32-,33+,35-,36+,37+,38-,40-,47+,48-,49+/m0/s1. The predicted molar refractivity (Wildman–Crippen MR) is 269 cm³/mol. The lowest BCUT2D eigenvalue weighted by molar-refractivity contribution is -0.346. The number of hydrogen-bond acceptors (Lipinski definition) is 17. The number of ether oxygens (including phenoxy) is 8.